The highest BCUT2D eigenvalue weighted by Gasteiger charge is 2.32. The Morgan fingerprint density at radius 1 is 1.09 bits per heavy atom. The minimum Gasteiger partial charge on any atom is -0.388 e. The molecule has 4 heterocycles. The number of aliphatic hydroxyl groups is 1. The average molecular weight is 477 g/mol. The third-order valence-corrected chi connectivity index (χ3v) is 6.51. The number of benzene rings is 2. The Labute approximate surface area is 199 Å². The molecule has 0 radical (unpaired) electrons. The lowest BCUT2D eigenvalue weighted by molar-refractivity contribution is -0.0423. The third kappa shape index (κ3) is 3.49. The number of nitrogens with zero attached hydrogens (tertiary/aromatic N) is 6. The van der Waals surface area contributed by atoms with E-state index in [4.69, 9.17) is 16.3 Å². The summed E-state index contributed by atoms with van der Waals surface area (Å²) < 4.78 is 10.2. The fourth-order valence-electron chi connectivity index (χ4n) is 4.51. The Hall–Kier alpha value is -3.53. The predicted molar refractivity (Wildman–Crippen MR) is 127 cm³/mol. The van der Waals surface area contributed by atoms with Gasteiger partial charge in [-0.25, -0.2) is 9.36 Å². The van der Waals surface area contributed by atoms with E-state index in [9.17, 15) is 9.90 Å². The molecule has 3 aliphatic heterocycles. The van der Waals surface area contributed by atoms with E-state index in [0.29, 0.717) is 35.8 Å². The van der Waals surface area contributed by atoms with E-state index < -0.39 is 12.1 Å². The van der Waals surface area contributed by atoms with Crippen molar-refractivity contribution in [3.63, 3.8) is 0 Å². The summed E-state index contributed by atoms with van der Waals surface area (Å²) in [5, 5.41) is 25.2. The molecule has 1 N–H and O–H groups in total. The van der Waals surface area contributed by atoms with Crippen molar-refractivity contribution in [2.24, 2.45) is 0 Å². The molecule has 1 saturated heterocycles. The minimum atomic E-state index is -0.800. The van der Waals surface area contributed by atoms with Crippen LogP contribution in [0.25, 0.3) is 28.0 Å². The van der Waals surface area contributed by atoms with Crippen molar-refractivity contribution >= 4 is 22.5 Å². The normalized spacial score (nSPS) is 18.6. The summed E-state index contributed by atoms with van der Waals surface area (Å²) in [6, 6.07) is 14.9. The summed E-state index contributed by atoms with van der Waals surface area (Å²) in [7, 11) is 0. The zero-order valence-electron chi connectivity index (χ0n) is 18.1. The van der Waals surface area contributed by atoms with Crippen molar-refractivity contribution in [3.05, 3.63) is 81.9 Å². The highest BCUT2D eigenvalue weighted by Crippen LogP contribution is 2.32. The summed E-state index contributed by atoms with van der Waals surface area (Å²) >= 11 is 6.60. The minimum absolute atomic E-state index is 0.175. The molecule has 3 aromatic rings. The smallest absolute Gasteiger partial charge is 0.297 e. The zero-order chi connectivity index (χ0) is 23.2. The van der Waals surface area contributed by atoms with E-state index in [2.05, 4.69) is 15.3 Å². The molecule has 0 bridgehead atoms. The van der Waals surface area contributed by atoms with Gasteiger partial charge in [0.2, 0.25) is 0 Å². The molecule has 9 nitrogen and oxygen atoms in total. The topological polar surface area (TPSA) is 100.0 Å². The Morgan fingerprint density at radius 3 is 2.71 bits per heavy atom. The third-order valence-electron chi connectivity index (χ3n) is 6.21. The molecule has 2 atom stereocenters. The van der Waals surface area contributed by atoms with Crippen molar-refractivity contribution in [2.75, 3.05) is 13.2 Å². The van der Waals surface area contributed by atoms with E-state index in [1.165, 1.54) is 4.68 Å². The molecule has 34 heavy (non-hydrogen) atoms. The molecule has 0 amide bonds. The average Bonchev–Trinajstić information content (AvgIpc) is 3.49. The molecule has 3 aliphatic rings. The summed E-state index contributed by atoms with van der Waals surface area (Å²) in [4.78, 5) is 13.3. The molecule has 0 aliphatic carbocycles. The number of hydrogen-bond acceptors (Lipinski definition) is 6. The maximum absolute atomic E-state index is 13.3. The number of hydrogen-bond donors (Lipinski definition) is 1. The number of aliphatic hydroxyl groups excluding tert-OH is 1. The van der Waals surface area contributed by atoms with Gasteiger partial charge in [-0.05, 0) is 36.2 Å². The summed E-state index contributed by atoms with van der Waals surface area (Å²) in [5.74, 6) is 0. The molecule has 6 rings (SSSR count). The molecule has 2 aromatic carbocycles. The molecule has 10 heteroatoms. The first kappa shape index (κ1) is 21.0. The Balaban J connectivity index is 1.46. The van der Waals surface area contributed by atoms with Crippen LogP contribution in [0.5, 0.6) is 0 Å². The van der Waals surface area contributed by atoms with Crippen molar-refractivity contribution in [1.29, 1.82) is 0 Å². The van der Waals surface area contributed by atoms with Crippen molar-refractivity contribution in [2.45, 2.75) is 25.1 Å². The monoisotopic (exact) mass is 476 g/mol. The van der Waals surface area contributed by atoms with E-state index in [0.717, 1.165) is 16.6 Å². The molecular formula is C24H21ClN6O3. The van der Waals surface area contributed by atoms with Crippen LogP contribution in [0.4, 0.5) is 0 Å². The van der Waals surface area contributed by atoms with Gasteiger partial charge in [-0.15, -0.1) is 0 Å². The quantitative estimate of drug-likeness (QED) is 0.428. The lowest BCUT2D eigenvalue weighted by Gasteiger charge is -2.27. The van der Waals surface area contributed by atoms with Crippen molar-refractivity contribution < 1.29 is 9.84 Å². The summed E-state index contributed by atoms with van der Waals surface area (Å²) in [6.45, 7) is 1.06. The standard InChI is InChI=1S/C24H21ClN6O3/c25-18-4-1-3-17-21-22(24(33)31(28-21)19-9-12-34-14-20(19)32)27-30(23(17)18)13-15-5-7-16(8-6-15)29-11-2-10-26-29/h1-8,10-11,19-20,32H,9,12-14H2/t19-,20-/m0/s1. The fraction of sp³-hybridized carbons (Fsp3) is 0.250. The van der Waals surface area contributed by atoms with Crippen LogP contribution in [-0.4, -0.2) is 53.8 Å². The lowest BCUT2D eigenvalue weighted by Crippen LogP contribution is -2.38. The summed E-state index contributed by atoms with van der Waals surface area (Å²) in [5.41, 5.74) is 3.04. The largest absolute Gasteiger partial charge is 0.388 e. The van der Waals surface area contributed by atoms with E-state index in [1.807, 2.05) is 48.7 Å². The van der Waals surface area contributed by atoms with E-state index in [-0.39, 0.29) is 17.9 Å². The molecular weight excluding hydrogens is 456 g/mol. The van der Waals surface area contributed by atoms with Gasteiger partial charge in [0, 0.05) is 24.4 Å². The highest BCUT2D eigenvalue weighted by molar-refractivity contribution is 6.35. The van der Waals surface area contributed by atoms with Crippen LogP contribution < -0.4 is 5.56 Å². The van der Waals surface area contributed by atoms with Gasteiger partial charge in [0.25, 0.3) is 5.56 Å². The molecule has 1 aromatic heterocycles. The van der Waals surface area contributed by atoms with Crippen LogP contribution in [0.15, 0.2) is 65.7 Å². The van der Waals surface area contributed by atoms with Gasteiger partial charge in [-0.2, -0.15) is 15.3 Å². The van der Waals surface area contributed by atoms with Crippen LogP contribution in [0.3, 0.4) is 0 Å². The fourth-order valence-corrected chi connectivity index (χ4v) is 4.78. The van der Waals surface area contributed by atoms with Crippen molar-refractivity contribution in [1.82, 2.24) is 29.3 Å². The molecule has 1 fully saturated rings. The maximum Gasteiger partial charge on any atom is 0.297 e. The van der Waals surface area contributed by atoms with E-state index >= 15 is 0 Å². The van der Waals surface area contributed by atoms with Gasteiger partial charge in [0.05, 0.1) is 41.5 Å². The van der Waals surface area contributed by atoms with Crippen LogP contribution in [-0.2, 0) is 11.3 Å². The maximum atomic E-state index is 13.3. The van der Waals surface area contributed by atoms with Gasteiger partial charge in [-0.3, -0.25) is 9.48 Å². The first-order valence-electron chi connectivity index (χ1n) is 11.0. The second-order valence-electron chi connectivity index (χ2n) is 8.36. The van der Waals surface area contributed by atoms with Crippen LogP contribution >= 0.6 is 11.6 Å². The number of para-hydroxylation sites is 1. The number of ether oxygens (including phenoxy) is 1. The van der Waals surface area contributed by atoms with Crippen LogP contribution in [0.2, 0.25) is 5.02 Å². The summed E-state index contributed by atoms with van der Waals surface area (Å²) in [6.07, 6.45) is 3.32. The first-order chi connectivity index (χ1) is 16.6. The Kier molecular flexibility index (Phi) is 5.17. The van der Waals surface area contributed by atoms with Crippen molar-refractivity contribution in [3.8, 4) is 17.1 Å². The Morgan fingerprint density at radius 2 is 1.94 bits per heavy atom. The lowest BCUT2D eigenvalue weighted by atomic mass is 10.1. The van der Waals surface area contributed by atoms with E-state index in [1.54, 1.807) is 21.6 Å². The number of aromatic nitrogens is 6. The molecule has 172 valence electrons. The van der Waals surface area contributed by atoms with Gasteiger partial charge in [-0.1, -0.05) is 35.9 Å². The SMILES string of the molecule is O=c1c2nn(Cc3ccc(-n4cccn4)cc3)c3c(Cl)cccc3c-2nn1[C@H]1CCOC[C@@H]1O. The number of halogens is 1. The van der Waals surface area contributed by atoms with Gasteiger partial charge < -0.3 is 9.84 Å². The Bertz CT molecular complexity index is 1490. The first-order valence-corrected chi connectivity index (χ1v) is 11.4. The second kappa shape index (κ2) is 8.35. The molecule has 0 spiro atoms. The number of rotatable bonds is 4. The van der Waals surface area contributed by atoms with Gasteiger partial charge in [0.15, 0.2) is 5.69 Å². The van der Waals surface area contributed by atoms with Gasteiger partial charge in [0.1, 0.15) is 5.69 Å². The molecule has 0 unspecified atom stereocenters. The molecule has 0 saturated carbocycles. The zero-order valence-corrected chi connectivity index (χ0v) is 18.8. The second-order valence-corrected chi connectivity index (χ2v) is 8.76. The predicted octanol–water partition coefficient (Wildman–Crippen LogP) is 2.91. The highest BCUT2D eigenvalue weighted by atomic mass is 35.5. The number of fused-ring (bicyclic) bond motifs is 3. The van der Waals surface area contributed by atoms with Crippen LogP contribution in [0.1, 0.15) is 18.0 Å². The van der Waals surface area contributed by atoms with Crippen LogP contribution in [0, 0.1) is 0 Å². The van der Waals surface area contributed by atoms with Gasteiger partial charge >= 0.3 is 0 Å².